The lowest BCUT2D eigenvalue weighted by Crippen LogP contribution is -2.14. The van der Waals surface area contributed by atoms with E-state index in [-0.39, 0.29) is 11.3 Å². The second kappa shape index (κ2) is 8.50. The van der Waals surface area contributed by atoms with Gasteiger partial charge in [0, 0.05) is 23.6 Å². The number of amides is 1. The third-order valence-corrected chi connectivity index (χ3v) is 5.03. The van der Waals surface area contributed by atoms with Crippen LogP contribution in [0.25, 0.3) is 0 Å². The molecule has 0 fully saturated rings. The van der Waals surface area contributed by atoms with E-state index in [2.05, 4.69) is 27.6 Å². The SMILES string of the molecule is Cc1c(C(=O)Nc2nnc(CCCc3ccccc3)s2)cccc1[N+](=O)[O-]. The summed E-state index contributed by atoms with van der Waals surface area (Å²) in [6.07, 6.45) is 2.67. The minimum Gasteiger partial charge on any atom is -0.296 e. The van der Waals surface area contributed by atoms with Gasteiger partial charge in [-0.3, -0.25) is 20.2 Å². The molecule has 0 aliphatic rings. The number of nitro benzene ring substituents is 1. The average Bonchev–Trinajstić information content (AvgIpc) is 3.09. The molecule has 8 heteroatoms. The van der Waals surface area contributed by atoms with Gasteiger partial charge in [0.15, 0.2) is 0 Å². The minimum absolute atomic E-state index is 0.0819. The third-order valence-electron chi connectivity index (χ3n) is 4.13. The molecule has 0 bridgehead atoms. The van der Waals surface area contributed by atoms with Gasteiger partial charge in [0.25, 0.3) is 11.6 Å². The Hall–Kier alpha value is -3.13. The molecule has 138 valence electrons. The minimum atomic E-state index is -0.498. The molecule has 0 radical (unpaired) electrons. The average molecular weight is 382 g/mol. The monoisotopic (exact) mass is 382 g/mol. The molecular weight excluding hydrogens is 364 g/mol. The van der Waals surface area contributed by atoms with E-state index in [0.29, 0.717) is 10.7 Å². The van der Waals surface area contributed by atoms with Crippen molar-refractivity contribution in [1.82, 2.24) is 10.2 Å². The van der Waals surface area contributed by atoms with Crippen molar-refractivity contribution in [2.24, 2.45) is 0 Å². The first kappa shape index (κ1) is 18.7. The van der Waals surface area contributed by atoms with Crippen molar-refractivity contribution in [3.8, 4) is 0 Å². The highest BCUT2D eigenvalue weighted by atomic mass is 32.1. The lowest BCUT2D eigenvalue weighted by atomic mass is 10.1. The third kappa shape index (κ3) is 4.73. The van der Waals surface area contributed by atoms with Crippen LogP contribution in [-0.2, 0) is 12.8 Å². The number of nitro groups is 1. The van der Waals surface area contributed by atoms with Gasteiger partial charge < -0.3 is 0 Å². The summed E-state index contributed by atoms with van der Waals surface area (Å²) in [5, 5.41) is 23.0. The number of carbonyl (C=O) groups is 1. The highest BCUT2D eigenvalue weighted by Gasteiger charge is 2.19. The van der Waals surface area contributed by atoms with Crippen LogP contribution < -0.4 is 5.32 Å². The number of benzene rings is 2. The van der Waals surface area contributed by atoms with Gasteiger partial charge in [-0.25, -0.2) is 0 Å². The van der Waals surface area contributed by atoms with Crippen LogP contribution in [0.1, 0.15) is 32.9 Å². The summed E-state index contributed by atoms with van der Waals surface area (Å²) in [7, 11) is 0. The van der Waals surface area contributed by atoms with Gasteiger partial charge in [-0.15, -0.1) is 10.2 Å². The molecule has 0 atom stereocenters. The number of rotatable bonds is 7. The summed E-state index contributed by atoms with van der Waals surface area (Å²) in [4.78, 5) is 22.9. The van der Waals surface area contributed by atoms with Crippen molar-refractivity contribution >= 4 is 28.1 Å². The van der Waals surface area contributed by atoms with E-state index in [1.54, 1.807) is 13.0 Å². The molecule has 1 amide bonds. The highest BCUT2D eigenvalue weighted by Crippen LogP contribution is 2.23. The summed E-state index contributed by atoms with van der Waals surface area (Å²) in [5.41, 5.74) is 1.77. The van der Waals surface area contributed by atoms with Crippen LogP contribution in [0.2, 0.25) is 0 Å². The number of aromatic nitrogens is 2. The Morgan fingerprint density at radius 3 is 2.63 bits per heavy atom. The van der Waals surface area contributed by atoms with E-state index < -0.39 is 10.8 Å². The fourth-order valence-corrected chi connectivity index (χ4v) is 3.50. The number of carbonyl (C=O) groups excluding carboxylic acids is 1. The fraction of sp³-hybridized carbons (Fsp3) is 0.211. The van der Waals surface area contributed by atoms with Crippen molar-refractivity contribution in [3.63, 3.8) is 0 Å². The highest BCUT2D eigenvalue weighted by molar-refractivity contribution is 7.15. The number of nitrogens with zero attached hydrogens (tertiary/aromatic N) is 3. The predicted molar refractivity (Wildman–Crippen MR) is 104 cm³/mol. The maximum absolute atomic E-state index is 12.4. The van der Waals surface area contributed by atoms with Gasteiger partial charge in [-0.1, -0.05) is 47.7 Å². The first-order valence-electron chi connectivity index (χ1n) is 8.46. The van der Waals surface area contributed by atoms with Crippen LogP contribution in [0.3, 0.4) is 0 Å². The Kier molecular flexibility index (Phi) is 5.87. The van der Waals surface area contributed by atoms with Gasteiger partial charge in [0.05, 0.1) is 4.92 Å². The van der Waals surface area contributed by atoms with Crippen molar-refractivity contribution in [1.29, 1.82) is 0 Å². The van der Waals surface area contributed by atoms with Gasteiger partial charge in [-0.05, 0) is 31.4 Å². The zero-order valence-corrected chi connectivity index (χ0v) is 15.5. The van der Waals surface area contributed by atoms with Crippen molar-refractivity contribution in [3.05, 3.63) is 80.3 Å². The molecule has 1 aromatic heterocycles. The first-order valence-corrected chi connectivity index (χ1v) is 9.28. The van der Waals surface area contributed by atoms with Gasteiger partial charge >= 0.3 is 0 Å². The summed E-state index contributed by atoms with van der Waals surface area (Å²) in [6, 6.07) is 14.6. The predicted octanol–water partition coefficient (Wildman–Crippen LogP) is 4.18. The van der Waals surface area contributed by atoms with Crippen molar-refractivity contribution < 1.29 is 9.72 Å². The standard InChI is InChI=1S/C19H18N4O3S/c1-13-15(10-6-11-16(13)23(25)26)18(24)20-19-22-21-17(27-19)12-5-9-14-7-3-2-4-8-14/h2-4,6-8,10-11H,5,9,12H2,1H3,(H,20,22,24). The van der Waals surface area contributed by atoms with Crippen LogP contribution in [0.15, 0.2) is 48.5 Å². The van der Waals surface area contributed by atoms with Gasteiger partial charge in [0.1, 0.15) is 5.01 Å². The quantitative estimate of drug-likeness (QED) is 0.488. The van der Waals surface area contributed by atoms with Crippen LogP contribution in [0.5, 0.6) is 0 Å². The number of nitrogens with one attached hydrogen (secondary N) is 1. The van der Waals surface area contributed by atoms with E-state index in [9.17, 15) is 14.9 Å². The number of hydrogen-bond donors (Lipinski definition) is 1. The molecule has 2 aromatic carbocycles. The molecule has 0 spiro atoms. The Morgan fingerprint density at radius 1 is 1.11 bits per heavy atom. The van der Waals surface area contributed by atoms with Gasteiger partial charge in [-0.2, -0.15) is 0 Å². The molecular formula is C19H18N4O3S. The van der Waals surface area contributed by atoms with Crippen LogP contribution in [0.4, 0.5) is 10.8 Å². The van der Waals surface area contributed by atoms with Crippen molar-refractivity contribution in [2.45, 2.75) is 26.2 Å². The Bertz CT molecular complexity index is 957. The molecule has 0 aliphatic heterocycles. The molecule has 0 unspecified atom stereocenters. The normalized spacial score (nSPS) is 10.6. The Morgan fingerprint density at radius 2 is 1.89 bits per heavy atom. The number of hydrogen-bond acceptors (Lipinski definition) is 6. The summed E-state index contributed by atoms with van der Waals surface area (Å²) in [6.45, 7) is 1.56. The maximum atomic E-state index is 12.4. The molecule has 0 aliphatic carbocycles. The second-order valence-electron chi connectivity index (χ2n) is 6.00. The molecule has 7 nitrogen and oxygen atoms in total. The Balaban J connectivity index is 1.60. The molecule has 1 heterocycles. The summed E-state index contributed by atoms with van der Waals surface area (Å²) < 4.78 is 0. The maximum Gasteiger partial charge on any atom is 0.273 e. The zero-order chi connectivity index (χ0) is 19.2. The summed E-state index contributed by atoms with van der Waals surface area (Å²) >= 11 is 1.32. The van der Waals surface area contributed by atoms with E-state index in [4.69, 9.17) is 0 Å². The van der Waals surface area contributed by atoms with E-state index in [1.165, 1.54) is 29.0 Å². The second-order valence-corrected chi connectivity index (χ2v) is 7.06. The lowest BCUT2D eigenvalue weighted by molar-refractivity contribution is -0.385. The summed E-state index contributed by atoms with van der Waals surface area (Å²) in [5.74, 6) is -0.428. The number of anilines is 1. The van der Waals surface area contributed by atoms with Crippen LogP contribution in [-0.4, -0.2) is 21.0 Å². The molecule has 0 saturated carbocycles. The van der Waals surface area contributed by atoms with E-state index in [0.717, 1.165) is 24.3 Å². The largest absolute Gasteiger partial charge is 0.296 e. The zero-order valence-electron chi connectivity index (χ0n) is 14.7. The molecule has 27 heavy (non-hydrogen) atoms. The van der Waals surface area contributed by atoms with Gasteiger partial charge in [0.2, 0.25) is 5.13 Å². The van der Waals surface area contributed by atoms with E-state index in [1.807, 2.05) is 18.2 Å². The smallest absolute Gasteiger partial charge is 0.273 e. The molecule has 0 saturated heterocycles. The van der Waals surface area contributed by atoms with Crippen molar-refractivity contribution in [2.75, 3.05) is 5.32 Å². The van der Waals surface area contributed by atoms with Crippen LogP contribution >= 0.6 is 11.3 Å². The lowest BCUT2D eigenvalue weighted by Gasteiger charge is -2.05. The molecule has 3 aromatic rings. The van der Waals surface area contributed by atoms with E-state index >= 15 is 0 Å². The first-order chi connectivity index (χ1) is 13.0. The fourth-order valence-electron chi connectivity index (χ4n) is 2.73. The molecule has 1 N–H and O–H groups in total. The number of aryl methyl sites for hydroxylation is 2. The molecule has 3 rings (SSSR count). The van der Waals surface area contributed by atoms with Crippen LogP contribution in [0, 0.1) is 17.0 Å². The Labute approximate surface area is 160 Å². The topological polar surface area (TPSA) is 98.0 Å².